The van der Waals surface area contributed by atoms with E-state index in [2.05, 4.69) is 22.8 Å². The van der Waals surface area contributed by atoms with Crippen LogP contribution >= 0.6 is 22.9 Å². The molecular formula is C17H19ClN2O2S. The minimum Gasteiger partial charge on any atom is -0.495 e. The molecule has 1 aromatic heterocycles. The molecule has 0 atom stereocenters. The summed E-state index contributed by atoms with van der Waals surface area (Å²) in [4.78, 5) is 15.7. The Morgan fingerprint density at radius 2 is 2.13 bits per heavy atom. The van der Waals surface area contributed by atoms with Crippen LogP contribution in [0, 0.1) is 0 Å². The normalized spacial score (nSPS) is 15.5. The van der Waals surface area contributed by atoms with Crippen molar-refractivity contribution in [2.24, 2.45) is 0 Å². The van der Waals surface area contributed by atoms with E-state index < -0.39 is 0 Å². The summed E-state index contributed by atoms with van der Waals surface area (Å²) in [7, 11) is 1.57. The highest BCUT2D eigenvalue weighted by Crippen LogP contribution is 2.32. The molecule has 4 nitrogen and oxygen atoms in total. The summed E-state index contributed by atoms with van der Waals surface area (Å²) >= 11 is 7.80. The number of nitrogens with one attached hydrogen (secondary N) is 1. The molecule has 0 aliphatic carbocycles. The van der Waals surface area contributed by atoms with Crippen molar-refractivity contribution in [3.63, 3.8) is 0 Å². The van der Waals surface area contributed by atoms with Crippen LogP contribution in [-0.2, 0) is 0 Å². The van der Waals surface area contributed by atoms with Gasteiger partial charge in [0.15, 0.2) is 0 Å². The smallest absolute Gasteiger partial charge is 0.321 e. The largest absolute Gasteiger partial charge is 0.495 e. The summed E-state index contributed by atoms with van der Waals surface area (Å²) in [5, 5.41) is 5.58. The van der Waals surface area contributed by atoms with Gasteiger partial charge in [0.1, 0.15) is 5.75 Å². The highest BCUT2D eigenvalue weighted by atomic mass is 35.5. The summed E-state index contributed by atoms with van der Waals surface area (Å²) in [6.07, 6.45) is 2.00. The molecule has 2 aromatic rings. The third-order valence-electron chi connectivity index (χ3n) is 4.13. The van der Waals surface area contributed by atoms with Gasteiger partial charge in [-0.3, -0.25) is 0 Å². The van der Waals surface area contributed by atoms with Gasteiger partial charge in [0, 0.05) is 23.0 Å². The van der Waals surface area contributed by atoms with E-state index in [-0.39, 0.29) is 6.03 Å². The Labute approximate surface area is 145 Å². The number of thiophene rings is 1. The standard InChI is InChI=1S/C17H19ClN2O2S/c1-22-15-5-4-13(18)11-14(15)19-17(21)20-8-6-12(7-9-20)16-3-2-10-23-16/h2-5,10-12H,6-9H2,1H3,(H,19,21). The van der Waals surface area contributed by atoms with Crippen molar-refractivity contribution >= 4 is 34.7 Å². The van der Waals surface area contributed by atoms with E-state index in [9.17, 15) is 4.79 Å². The van der Waals surface area contributed by atoms with E-state index in [1.54, 1.807) is 36.6 Å². The van der Waals surface area contributed by atoms with Gasteiger partial charge in [-0.05, 0) is 48.4 Å². The van der Waals surface area contributed by atoms with Crippen LogP contribution in [-0.4, -0.2) is 31.1 Å². The van der Waals surface area contributed by atoms with Gasteiger partial charge < -0.3 is 15.0 Å². The van der Waals surface area contributed by atoms with Gasteiger partial charge in [0.25, 0.3) is 0 Å². The zero-order chi connectivity index (χ0) is 16.2. The molecule has 3 rings (SSSR count). The second-order valence-electron chi connectivity index (χ2n) is 5.55. The number of urea groups is 1. The number of ether oxygens (including phenoxy) is 1. The maximum absolute atomic E-state index is 12.5. The summed E-state index contributed by atoms with van der Waals surface area (Å²) < 4.78 is 5.26. The molecule has 1 aliphatic rings. The number of anilines is 1. The van der Waals surface area contributed by atoms with Gasteiger partial charge >= 0.3 is 6.03 Å². The highest BCUT2D eigenvalue weighted by molar-refractivity contribution is 7.10. The van der Waals surface area contributed by atoms with Crippen LogP contribution in [0.2, 0.25) is 5.02 Å². The molecule has 1 saturated heterocycles. The number of methoxy groups -OCH3 is 1. The first kappa shape index (κ1) is 16.1. The van der Waals surface area contributed by atoms with Crippen LogP contribution in [0.1, 0.15) is 23.6 Å². The molecule has 0 saturated carbocycles. The fourth-order valence-electron chi connectivity index (χ4n) is 2.86. The van der Waals surface area contributed by atoms with Gasteiger partial charge in [-0.25, -0.2) is 4.79 Å². The van der Waals surface area contributed by atoms with E-state index in [1.807, 2.05) is 4.90 Å². The lowest BCUT2D eigenvalue weighted by atomic mass is 9.95. The molecule has 0 radical (unpaired) electrons. The van der Waals surface area contributed by atoms with Crippen LogP contribution in [0.3, 0.4) is 0 Å². The average Bonchev–Trinajstić information content (AvgIpc) is 3.10. The lowest BCUT2D eigenvalue weighted by molar-refractivity contribution is 0.195. The average molecular weight is 351 g/mol. The van der Waals surface area contributed by atoms with Crippen LogP contribution in [0.15, 0.2) is 35.7 Å². The molecule has 0 unspecified atom stereocenters. The number of hydrogen-bond acceptors (Lipinski definition) is 3. The summed E-state index contributed by atoms with van der Waals surface area (Å²) in [5.41, 5.74) is 0.602. The number of nitrogens with zero attached hydrogens (tertiary/aromatic N) is 1. The van der Waals surface area contributed by atoms with Gasteiger partial charge in [-0.1, -0.05) is 17.7 Å². The van der Waals surface area contributed by atoms with Crippen molar-refractivity contribution in [1.82, 2.24) is 4.90 Å². The fourth-order valence-corrected chi connectivity index (χ4v) is 3.93. The quantitative estimate of drug-likeness (QED) is 0.862. The molecule has 0 spiro atoms. The first-order chi connectivity index (χ1) is 11.2. The Bertz CT molecular complexity index is 667. The molecule has 122 valence electrons. The first-order valence-corrected chi connectivity index (χ1v) is 8.86. The number of carbonyl (C=O) groups is 1. The Balaban J connectivity index is 1.61. The number of halogens is 1. The predicted octanol–water partition coefficient (Wildman–Crippen LogP) is 4.82. The predicted molar refractivity (Wildman–Crippen MR) is 94.9 cm³/mol. The zero-order valence-corrected chi connectivity index (χ0v) is 14.5. The van der Waals surface area contributed by atoms with E-state index in [0.717, 1.165) is 25.9 Å². The molecule has 6 heteroatoms. The SMILES string of the molecule is COc1ccc(Cl)cc1NC(=O)N1CCC(c2cccs2)CC1. The van der Waals surface area contributed by atoms with E-state index in [1.165, 1.54) is 4.88 Å². The summed E-state index contributed by atoms with van der Waals surface area (Å²) in [5.74, 6) is 1.18. The molecule has 2 amide bonds. The number of hydrogen-bond donors (Lipinski definition) is 1. The van der Waals surface area contributed by atoms with E-state index in [0.29, 0.717) is 22.4 Å². The maximum atomic E-state index is 12.5. The van der Waals surface area contributed by atoms with Crippen molar-refractivity contribution < 1.29 is 9.53 Å². The Kier molecular flexibility index (Phi) is 5.08. The van der Waals surface area contributed by atoms with Crippen LogP contribution in [0.4, 0.5) is 10.5 Å². The molecule has 1 aromatic carbocycles. The van der Waals surface area contributed by atoms with E-state index >= 15 is 0 Å². The number of carbonyl (C=O) groups excluding carboxylic acids is 1. The van der Waals surface area contributed by atoms with Gasteiger partial charge in [0.05, 0.1) is 12.8 Å². The molecule has 1 fully saturated rings. The Hall–Kier alpha value is -1.72. The number of rotatable bonds is 3. The minimum absolute atomic E-state index is 0.102. The summed E-state index contributed by atoms with van der Waals surface area (Å²) in [6, 6.07) is 9.36. The van der Waals surface area contributed by atoms with Crippen LogP contribution in [0.25, 0.3) is 0 Å². The highest BCUT2D eigenvalue weighted by Gasteiger charge is 2.24. The fraction of sp³-hybridized carbons (Fsp3) is 0.353. The molecule has 2 heterocycles. The third-order valence-corrected chi connectivity index (χ3v) is 5.40. The lowest BCUT2D eigenvalue weighted by Gasteiger charge is -2.31. The maximum Gasteiger partial charge on any atom is 0.321 e. The zero-order valence-electron chi connectivity index (χ0n) is 12.9. The number of benzene rings is 1. The summed E-state index contributed by atoms with van der Waals surface area (Å²) in [6.45, 7) is 1.52. The monoisotopic (exact) mass is 350 g/mol. The second-order valence-corrected chi connectivity index (χ2v) is 6.97. The van der Waals surface area contributed by atoms with Crippen LogP contribution < -0.4 is 10.1 Å². The minimum atomic E-state index is -0.102. The van der Waals surface area contributed by atoms with Crippen molar-refractivity contribution in [2.75, 3.05) is 25.5 Å². The molecule has 1 N–H and O–H groups in total. The van der Waals surface area contributed by atoms with Gasteiger partial charge in [0.2, 0.25) is 0 Å². The Morgan fingerprint density at radius 3 is 2.78 bits per heavy atom. The molecular weight excluding hydrogens is 332 g/mol. The second kappa shape index (κ2) is 7.23. The Morgan fingerprint density at radius 1 is 1.35 bits per heavy atom. The van der Waals surface area contributed by atoms with E-state index in [4.69, 9.17) is 16.3 Å². The first-order valence-electron chi connectivity index (χ1n) is 7.60. The number of piperidine rings is 1. The van der Waals surface area contributed by atoms with Crippen molar-refractivity contribution in [3.8, 4) is 5.75 Å². The van der Waals surface area contributed by atoms with Crippen molar-refractivity contribution in [3.05, 3.63) is 45.6 Å². The molecule has 0 bridgehead atoms. The van der Waals surface area contributed by atoms with Crippen LogP contribution in [0.5, 0.6) is 5.75 Å². The number of amides is 2. The molecule has 23 heavy (non-hydrogen) atoms. The van der Waals surface area contributed by atoms with Crippen molar-refractivity contribution in [2.45, 2.75) is 18.8 Å². The topological polar surface area (TPSA) is 41.6 Å². The third kappa shape index (κ3) is 3.79. The van der Waals surface area contributed by atoms with Gasteiger partial charge in [-0.15, -0.1) is 11.3 Å². The molecule has 1 aliphatic heterocycles. The number of likely N-dealkylation sites (tertiary alicyclic amines) is 1. The van der Waals surface area contributed by atoms with Crippen molar-refractivity contribution in [1.29, 1.82) is 0 Å². The van der Waals surface area contributed by atoms with Gasteiger partial charge in [-0.2, -0.15) is 0 Å². The lowest BCUT2D eigenvalue weighted by Crippen LogP contribution is -2.40.